The average Bonchev–Trinajstić information content (AvgIpc) is 2.42. The summed E-state index contributed by atoms with van der Waals surface area (Å²) in [7, 11) is 9.85. The molecule has 0 aromatic carbocycles. The Bertz CT molecular complexity index is 406. The maximum Gasteiger partial charge on any atom is 0.231 e. The van der Waals surface area contributed by atoms with Crippen LogP contribution in [0.4, 0.5) is 17.8 Å². The zero-order valence-electron chi connectivity index (χ0n) is 13.5. The molecule has 0 bridgehead atoms. The Hall–Kier alpha value is -1.63. The molecule has 0 saturated carbocycles. The molecule has 1 rings (SSSR count). The molecule has 0 aliphatic carbocycles. The fourth-order valence-corrected chi connectivity index (χ4v) is 1.78. The lowest BCUT2D eigenvalue weighted by Gasteiger charge is -2.23. The van der Waals surface area contributed by atoms with Crippen LogP contribution in [0.15, 0.2) is 0 Å². The molecule has 7 nitrogen and oxygen atoms in total. The molecular weight excluding hydrogens is 254 g/mol. The van der Waals surface area contributed by atoms with Crippen LogP contribution in [-0.2, 0) is 0 Å². The first-order valence-corrected chi connectivity index (χ1v) is 6.98. The van der Waals surface area contributed by atoms with Crippen molar-refractivity contribution in [3.8, 4) is 0 Å². The van der Waals surface area contributed by atoms with Crippen molar-refractivity contribution in [2.75, 3.05) is 70.0 Å². The van der Waals surface area contributed by atoms with Gasteiger partial charge in [0.15, 0.2) is 0 Å². The van der Waals surface area contributed by atoms with Crippen molar-refractivity contribution in [2.24, 2.45) is 0 Å². The van der Waals surface area contributed by atoms with Crippen molar-refractivity contribution < 1.29 is 0 Å². The summed E-state index contributed by atoms with van der Waals surface area (Å²) in [6.07, 6.45) is 1.08. The first-order valence-electron chi connectivity index (χ1n) is 6.98. The summed E-state index contributed by atoms with van der Waals surface area (Å²) < 4.78 is 0. The second-order valence-electron chi connectivity index (χ2n) is 5.14. The Labute approximate surface area is 122 Å². The van der Waals surface area contributed by atoms with Crippen LogP contribution in [0.1, 0.15) is 13.3 Å². The summed E-state index contributed by atoms with van der Waals surface area (Å²) in [6, 6.07) is 0. The number of hydrogen-bond donors (Lipinski definition) is 1. The van der Waals surface area contributed by atoms with Gasteiger partial charge < -0.3 is 20.0 Å². The van der Waals surface area contributed by atoms with Crippen LogP contribution in [0.25, 0.3) is 0 Å². The van der Waals surface area contributed by atoms with Crippen LogP contribution in [0, 0.1) is 0 Å². The Morgan fingerprint density at radius 2 is 1.60 bits per heavy atom. The zero-order chi connectivity index (χ0) is 15.1. The van der Waals surface area contributed by atoms with E-state index in [1.54, 1.807) is 0 Å². The van der Waals surface area contributed by atoms with Gasteiger partial charge >= 0.3 is 0 Å². The Morgan fingerprint density at radius 3 is 2.10 bits per heavy atom. The molecule has 1 aromatic heterocycles. The van der Waals surface area contributed by atoms with Crippen molar-refractivity contribution in [1.82, 2.24) is 19.9 Å². The lowest BCUT2D eigenvalue weighted by atomic mass is 10.3. The molecule has 7 heteroatoms. The quantitative estimate of drug-likeness (QED) is 0.754. The molecule has 114 valence electrons. The lowest BCUT2D eigenvalue weighted by molar-refractivity contribution is 0.400. The Morgan fingerprint density at radius 1 is 0.950 bits per heavy atom. The summed E-state index contributed by atoms with van der Waals surface area (Å²) in [5, 5.41) is 2.99. The van der Waals surface area contributed by atoms with E-state index in [-0.39, 0.29) is 0 Å². The fourth-order valence-electron chi connectivity index (χ4n) is 1.78. The van der Waals surface area contributed by atoms with E-state index in [0.717, 1.165) is 32.0 Å². The Balaban J connectivity index is 2.87. The van der Waals surface area contributed by atoms with Crippen molar-refractivity contribution in [3.63, 3.8) is 0 Å². The zero-order valence-corrected chi connectivity index (χ0v) is 13.5. The largest absolute Gasteiger partial charge is 0.357 e. The van der Waals surface area contributed by atoms with Gasteiger partial charge in [0.1, 0.15) is 0 Å². The number of aromatic nitrogens is 3. The summed E-state index contributed by atoms with van der Waals surface area (Å²) in [6.45, 7) is 5.00. The first kappa shape index (κ1) is 16.4. The Kier molecular flexibility index (Phi) is 6.44. The third kappa shape index (κ3) is 4.80. The number of hydrogen-bond acceptors (Lipinski definition) is 7. The number of nitrogens with zero attached hydrogens (tertiary/aromatic N) is 6. The molecule has 1 aromatic rings. The topological polar surface area (TPSA) is 60.4 Å². The van der Waals surface area contributed by atoms with Gasteiger partial charge in [0.2, 0.25) is 17.8 Å². The molecule has 0 saturated heterocycles. The van der Waals surface area contributed by atoms with Crippen LogP contribution >= 0.6 is 0 Å². The monoisotopic (exact) mass is 281 g/mol. The van der Waals surface area contributed by atoms with E-state index < -0.39 is 0 Å². The van der Waals surface area contributed by atoms with Crippen LogP contribution in [0.2, 0.25) is 0 Å². The first-order chi connectivity index (χ1) is 9.47. The van der Waals surface area contributed by atoms with E-state index in [9.17, 15) is 0 Å². The summed E-state index contributed by atoms with van der Waals surface area (Å²) in [4.78, 5) is 19.6. The van der Waals surface area contributed by atoms with Crippen LogP contribution in [0.3, 0.4) is 0 Å². The minimum absolute atomic E-state index is 0.602. The van der Waals surface area contributed by atoms with Crippen LogP contribution in [0.5, 0.6) is 0 Å². The molecule has 1 heterocycles. The molecule has 1 N–H and O–H groups in total. The normalized spacial score (nSPS) is 10.8. The van der Waals surface area contributed by atoms with E-state index in [0.29, 0.717) is 11.9 Å². The van der Waals surface area contributed by atoms with Gasteiger partial charge in [-0.05, 0) is 34.0 Å². The predicted molar refractivity (Wildman–Crippen MR) is 84.8 cm³/mol. The standard InChI is InChI=1S/C13H27N7/c1-7-20(10-8-9-18(3)4)13-16-11(14-2)15-12(17-13)19(5)6/h7-10H2,1-6H3,(H,14,15,16,17). The van der Waals surface area contributed by atoms with Crippen molar-refractivity contribution in [1.29, 1.82) is 0 Å². The highest BCUT2D eigenvalue weighted by molar-refractivity contribution is 5.44. The van der Waals surface area contributed by atoms with E-state index in [1.165, 1.54) is 0 Å². The van der Waals surface area contributed by atoms with Crippen molar-refractivity contribution in [3.05, 3.63) is 0 Å². The smallest absolute Gasteiger partial charge is 0.231 e. The van der Waals surface area contributed by atoms with Gasteiger partial charge in [0, 0.05) is 34.2 Å². The molecule has 0 aliphatic rings. The van der Waals surface area contributed by atoms with Gasteiger partial charge in [-0.25, -0.2) is 0 Å². The SMILES string of the molecule is CCN(CCCN(C)C)c1nc(NC)nc(N(C)C)n1. The maximum absolute atomic E-state index is 4.53. The van der Waals surface area contributed by atoms with E-state index in [1.807, 2.05) is 26.0 Å². The predicted octanol–water partition coefficient (Wildman–Crippen LogP) is 0.757. The maximum atomic E-state index is 4.53. The third-order valence-electron chi connectivity index (χ3n) is 2.93. The highest BCUT2D eigenvalue weighted by Gasteiger charge is 2.12. The van der Waals surface area contributed by atoms with Gasteiger partial charge in [-0.3, -0.25) is 0 Å². The average molecular weight is 281 g/mol. The molecule has 0 fully saturated rings. The molecule has 0 radical (unpaired) electrons. The van der Waals surface area contributed by atoms with Crippen LogP contribution in [-0.4, -0.2) is 74.7 Å². The molecule has 0 atom stereocenters. The number of rotatable bonds is 8. The minimum Gasteiger partial charge on any atom is -0.357 e. The molecule has 0 unspecified atom stereocenters. The summed E-state index contributed by atoms with van der Waals surface area (Å²) >= 11 is 0. The third-order valence-corrected chi connectivity index (χ3v) is 2.93. The van der Waals surface area contributed by atoms with E-state index in [4.69, 9.17) is 0 Å². The second-order valence-corrected chi connectivity index (χ2v) is 5.14. The molecule has 0 amide bonds. The molecular formula is C13H27N7. The second kappa shape index (κ2) is 7.84. The van der Waals surface area contributed by atoms with E-state index in [2.05, 4.69) is 51.1 Å². The molecule has 20 heavy (non-hydrogen) atoms. The minimum atomic E-state index is 0.602. The highest BCUT2D eigenvalue weighted by Crippen LogP contribution is 2.15. The van der Waals surface area contributed by atoms with Gasteiger partial charge in [-0.1, -0.05) is 0 Å². The van der Waals surface area contributed by atoms with Crippen LogP contribution < -0.4 is 15.1 Å². The van der Waals surface area contributed by atoms with Crippen molar-refractivity contribution >= 4 is 17.8 Å². The van der Waals surface area contributed by atoms with Gasteiger partial charge in [0.25, 0.3) is 0 Å². The van der Waals surface area contributed by atoms with Crippen molar-refractivity contribution in [2.45, 2.75) is 13.3 Å². The van der Waals surface area contributed by atoms with Gasteiger partial charge in [-0.2, -0.15) is 15.0 Å². The molecule has 0 aliphatic heterocycles. The summed E-state index contributed by atoms with van der Waals surface area (Å²) in [5.74, 6) is 2.00. The molecule has 0 spiro atoms. The summed E-state index contributed by atoms with van der Waals surface area (Å²) in [5.41, 5.74) is 0. The number of anilines is 3. The van der Waals surface area contributed by atoms with E-state index >= 15 is 0 Å². The van der Waals surface area contributed by atoms with Gasteiger partial charge in [-0.15, -0.1) is 0 Å². The van der Waals surface area contributed by atoms with Gasteiger partial charge in [0.05, 0.1) is 0 Å². The highest BCUT2D eigenvalue weighted by atomic mass is 15.3. The fraction of sp³-hybridized carbons (Fsp3) is 0.769. The number of nitrogens with one attached hydrogen (secondary N) is 1. The lowest BCUT2D eigenvalue weighted by Crippen LogP contribution is -2.29.